The van der Waals surface area contributed by atoms with Crippen molar-refractivity contribution in [2.45, 2.75) is 0 Å². The summed E-state index contributed by atoms with van der Waals surface area (Å²) in [5, 5.41) is 6.83. The minimum absolute atomic E-state index is 0.839. The molecule has 0 amide bonds. The highest BCUT2D eigenvalue weighted by molar-refractivity contribution is 6.24. The van der Waals surface area contributed by atoms with Gasteiger partial charge in [0.05, 0.1) is 0 Å². The second kappa shape index (κ2) is 5.14. The topological polar surface area (TPSA) is 26.3 Å². The Bertz CT molecular complexity index is 1160. The standard InChI is InChI=1S/C22H14O2/c1-3-7-17-15(5-1)9-11-19-21(17)22-18-8-4-2-6-16(18)10-12-20(22)24-14-13-23-19/h1-14H. The van der Waals surface area contributed by atoms with Gasteiger partial charge in [-0.25, -0.2) is 0 Å². The molecule has 5 aromatic rings. The highest BCUT2D eigenvalue weighted by Crippen LogP contribution is 2.34. The Balaban J connectivity index is 2.23. The molecule has 0 fully saturated rings. The lowest BCUT2D eigenvalue weighted by Gasteiger charge is -2.07. The van der Waals surface area contributed by atoms with E-state index in [-0.39, 0.29) is 0 Å². The van der Waals surface area contributed by atoms with Gasteiger partial charge in [-0.05, 0) is 33.7 Å². The molecule has 24 heavy (non-hydrogen) atoms. The molecule has 2 nitrogen and oxygen atoms in total. The van der Waals surface area contributed by atoms with Crippen molar-refractivity contribution in [1.29, 1.82) is 0 Å². The van der Waals surface area contributed by atoms with Crippen molar-refractivity contribution < 1.29 is 8.83 Å². The van der Waals surface area contributed by atoms with Crippen molar-refractivity contribution >= 4 is 43.5 Å². The summed E-state index contributed by atoms with van der Waals surface area (Å²) < 4.78 is 11.7. The molecule has 4 aromatic carbocycles. The van der Waals surface area contributed by atoms with Gasteiger partial charge in [0, 0.05) is 10.8 Å². The second-order valence-electron chi connectivity index (χ2n) is 5.83. The Morgan fingerprint density at radius 3 is 1.42 bits per heavy atom. The first-order valence-electron chi connectivity index (χ1n) is 7.94. The van der Waals surface area contributed by atoms with Gasteiger partial charge in [0.2, 0.25) is 0 Å². The van der Waals surface area contributed by atoms with E-state index in [9.17, 15) is 0 Å². The van der Waals surface area contributed by atoms with Crippen LogP contribution in [0.1, 0.15) is 0 Å². The zero-order valence-corrected chi connectivity index (χ0v) is 12.9. The third kappa shape index (κ3) is 1.90. The number of rotatable bonds is 0. The first kappa shape index (κ1) is 13.2. The van der Waals surface area contributed by atoms with Crippen LogP contribution in [0, 0.1) is 0 Å². The molecule has 0 aliphatic heterocycles. The molecule has 0 bridgehead atoms. The van der Waals surface area contributed by atoms with E-state index in [0.717, 1.165) is 32.7 Å². The van der Waals surface area contributed by atoms with E-state index in [2.05, 4.69) is 60.7 Å². The van der Waals surface area contributed by atoms with Crippen molar-refractivity contribution in [3.63, 3.8) is 0 Å². The van der Waals surface area contributed by atoms with Gasteiger partial charge in [0.1, 0.15) is 23.7 Å². The van der Waals surface area contributed by atoms with E-state index in [0.29, 0.717) is 0 Å². The monoisotopic (exact) mass is 310 g/mol. The smallest absolute Gasteiger partial charge is 0.135 e. The average molecular weight is 310 g/mol. The van der Waals surface area contributed by atoms with Gasteiger partial charge in [-0.2, -0.15) is 0 Å². The van der Waals surface area contributed by atoms with E-state index in [4.69, 9.17) is 8.83 Å². The van der Waals surface area contributed by atoms with E-state index in [1.165, 1.54) is 10.8 Å². The summed E-state index contributed by atoms with van der Waals surface area (Å²) >= 11 is 0. The van der Waals surface area contributed by atoms with Crippen molar-refractivity contribution in [3.8, 4) is 0 Å². The third-order valence-electron chi connectivity index (χ3n) is 4.48. The van der Waals surface area contributed by atoms with Crippen molar-refractivity contribution in [2.75, 3.05) is 0 Å². The van der Waals surface area contributed by atoms with E-state index in [1.807, 2.05) is 12.1 Å². The lowest BCUT2D eigenvalue weighted by Crippen LogP contribution is -1.81. The van der Waals surface area contributed by atoms with Crippen LogP contribution >= 0.6 is 0 Å². The quantitative estimate of drug-likeness (QED) is 0.321. The molecular weight excluding hydrogens is 296 g/mol. The summed E-state index contributed by atoms with van der Waals surface area (Å²) in [4.78, 5) is 0. The molecule has 0 spiro atoms. The highest BCUT2D eigenvalue weighted by atomic mass is 16.4. The van der Waals surface area contributed by atoms with Crippen LogP contribution in [0.4, 0.5) is 0 Å². The van der Waals surface area contributed by atoms with Gasteiger partial charge in [0.15, 0.2) is 0 Å². The molecule has 0 saturated carbocycles. The normalized spacial score (nSPS) is 11.3. The molecule has 5 rings (SSSR count). The molecule has 0 atom stereocenters. The zero-order chi connectivity index (χ0) is 15.9. The summed E-state index contributed by atoms with van der Waals surface area (Å²) in [7, 11) is 0. The maximum absolute atomic E-state index is 5.84. The third-order valence-corrected chi connectivity index (χ3v) is 4.48. The minimum atomic E-state index is 0.839. The number of fused-ring (bicyclic) bond motifs is 7. The molecule has 0 saturated heterocycles. The average Bonchev–Trinajstić information content (AvgIpc) is 2.62. The van der Waals surface area contributed by atoms with Crippen LogP contribution in [0.15, 0.2) is 94.2 Å². The first-order valence-corrected chi connectivity index (χ1v) is 7.94. The maximum atomic E-state index is 5.84. The predicted octanol–water partition coefficient (Wildman–Crippen LogP) is 6.61. The Kier molecular flexibility index (Phi) is 2.83. The van der Waals surface area contributed by atoms with Gasteiger partial charge < -0.3 is 8.83 Å². The van der Waals surface area contributed by atoms with Crippen LogP contribution in [0.2, 0.25) is 0 Å². The molecule has 1 aromatic heterocycles. The molecular formula is C22H14O2. The fraction of sp³-hybridized carbons (Fsp3) is 0. The molecule has 0 aliphatic rings. The SMILES string of the molecule is c1ccc2c(c1)ccc1occoc3ccc4ccccc4c3c12. The van der Waals surface area contributed by atoms with Crippen molar-refractivity contribution in [1.82, 2.24) is 0 Å². The zero-order valence-electron chi connectivity index (χ0n) is 12.9. The Morgan fingerprint density at radius 1 is 0.458 bits per heavy atom. The number of hydrogen-bond acceptors (Lipinski definition) is 2. The van der Waals surface area contributed by atoms with Gasteiger partial charge in [-0.15, -0.1) is 0 Å². The van der Waals surface area contributed by atoms with Crippen LogP contribution in [0.5, 0.6) is 0 Å². The van der Waals surface area contributed by atoms with Crippen LogP contribution in [-0.2, 0) is 0 Å². The lowest BCUT2D eigenvalue weighted by molar-refractivity contribution is 0.543. The van der Waals surface area contributed by atoms with Gasteiger partial charge in [0.25, 0.3) is 0 Å². The van der Waals surface area contributed by atoms with Crippen molar-refractivity contribution in [2.24, 2.45) is 0 Å². The lowest BCUT2D eigenvalue weighted by atomic mass is 9.99. The number of hydrogen-bond donors (Lipinski definition) is 0. The van der Waals surface area contributed by atoms with Crippen LogP contribution in [-0.4, -0.2) is 0 Å². The van der Waals surface area contributed by atoms with E-state index >= 15 is 0 Å². The van der Waals surface area contributed by atoms with Gasteiger partial charge in [-0.1, -0.05) is 60.7 Å². The highest BCUT2D eigenvalue weighted by Gasteiger charge is 2.09. The number of benzene rings is 4. The Morgan fingerprint density at radius 2 is 0.917 bits per heavy atom. The summed E-state index contributed by atoms with van der Waals surface area (Å²) in [5.41, 5.74) is 1.68. The minimum Gasteiger partial charge on any atom is -0.461 e. The second-order valence-corrected chi connectivity index (χ2v) is 5.83. The van der Waals surface area contributed by atoms with Crippen LogP contribution in [0.25, 0.3) is 43.5 Å². The van der Waals surface area contributed by atoms with Gasteiger partial charge in [-0.3, -0.25) is 0 Å². The Hall–Kier alpha value is -3.26. The Labute approximate surface area is 138 Å². The molecule has 1 heterocycles. The van der Waals surface area contributed by atoms with Crippen LogP contribution in [0.3, 0.4) is 0 Å². The predicted molar refractivity (Wildman–Crippen MR) is 98.6 cm³/mol. The van der Waals surface area contributed by atoms with Crippen molar-refractivity contribution in [3.05, 3.63) is 85.3 Å². The fourth-order valence-electron chi connectivity index (χ4n) is 3.42. The largest absolute Gasteiger partial charge is 0.461 e. The molecule has 0 aliphatic carbocycles. The molecule has 2 heteroatoms. The summed E-state index contributed by atoms with van der Waals surface area (Å²) in [5.74, 6) is 0. The van der Waals surface area contributed by atoms with Crippen LogP contribution < -0.4 is 0 Å². The molecule has 0 N–H and O–H groups in total. The summed E-state index contributed by atoms with van der Waals surface area (Å²) in [6.45, 7) is 0. The summed E-state index contributed by atoms with van der Waals surface area (Å²) in [6, 6.07) is 25.0. The van der Waals surface area contributed by atoms with Gasteiger partial charge >= 0.3 is 0 Å². The summed E-state index contributed by atoms with van der Waals surface area (Å²) in [6.07, 6.45) is 3.18. The van der Waals surface area contributed by atoms with E-state index in [1.54, 1.807) is 12.5 Å². The molecule has 114 valence electrons. The first-order chi connectivity index (χ1) is 11.9. The maximum Gasteiger partial charge on any atom is 0.135 e. The molecule has 0 radical (unpaired) electrons. The molecule has 0 unspecified atom stereocenters. The van der Waals surface area contributed by atoms with E-state index < -0.39 is 0 Å². The fourth-order valence-corrected chi connectivity index (χ4v) is 3.42.